The Morgan fingerprint density at radius 2 is 2.00 bits per heavy atom. The van der Waals surface area contributed by atoms with E-state index in [4.69, 9.17) is 0 Å². The lowest BCUT2D eigenvalue weighted by Crippen LogP contribution is -2.38. The summed E-state index contributed by atoms with van der Waals surface area (Å²) in [6, 6.07) is 12.4. The lowest BCUT2D eigenvalue weighted by molar-refractivity contribution is -0.135. The maximum Gasteiger partial charge on any atom is 0.247 e. The van der Waals surface area contributed by atoms with Gasteiger partial charge in [0.05, 0.1) is 5.69 Å². The average Bonchev–Trinajstić information content (AvgIpc) is 3.29. The number of aromatic nitrogens is 2. The van der Waals surface area contributed by atoms with Gasteiger partial charge in [0.25, 0.3) is 0 Å². The van der Waals surface area contributed by atoms with Crippen molar-refractivity contribution in [3.05, 3.63) is 53.3 Å². The van der Waals surface area contributed by atoms with Gasteiger partial charge in [-0.25, -0.2) is 0 Å². The summed E-state index contributed by atoms with van der Waals surface area (Å²) in [4.78, 5) is 15.0. The molecule has 1 amide bonds. The van der Waals surface area contributed by atoms with Gasteiger partial charge in [-0.1, -0.05) is 30.3 Å². The molecule has 1 aliphatic rings. The Morgan fingerprint density at radius 1 is 1.32 bits per heavy atom. The van der Waals surface area contributed by atoms with Crippen molar-refractivity contribution in [3.63, 3.8) is 0 Å². The molecule has 0 saturated heterocycles. The quantitative estimate of drug-likeness (QED) is 0.849. The Balaban J connectivity index is 1.79. The summed E-state index contributed by atoms with van der Waals surface area (Å²) in [5, 5.41) is 4.47. The van der Waals surface area contributed by atoms with Gasteiger partial charge >= 0.3 is 0 Å². The van der Waals surface area contributed by atoms with Crippen molar-refractivity contribution in [2.24, 2.45) is 0 Å². The Kier molecular flexibility index (Phi) is 4.01. The predicted molar refractivity (Wildman–Crippen MR) is 86.4 cm³/mol. The average molecular weight is 297 g/mol. The molecule has 22 heavy (non-hydrogen) atoms. The van der Waals surface area contributed by atoms with Crippen LogP contribution in [0.3, 0.4) is 0 Å². The maximum absolute atomic E-state index is 13.0. The molecule has 0 spiro atoms. The van der Waals surface area contributed by atoms with E-state index in [1.54, 1.807) is 0 Å². The number of hydrogen-bond donors (Lipinski definition) is 0. The lowest BCUT2D eigenvalue weighted by Gasteiger charge is -2.26. The molecule has 4 nitrogen and oxygen atoms in total. The van der Waals surface area contributed by atoms with E-state index in [0.717, 1.165) is 24.2 Å². The molecule has 1 aromatic heterocycles. The molecule has 1 saturated carbocycles. The van der Waals surface area contributed by atoms with Crippen LogP contribution in [0.2, 0.25) is 0 Å². The molecule has 0 N–H and O–H groups in total. The van der Waals surface area contributed by atoms with Crippen LogP contribution >= 0.6 is 0 Å². The van der Waals surface area contributed by atoms with Crippen molar-refractivity contribution in [1.82, 2.24) is 14.7 Å². The standard InChI is InChI=1S/C18H23N3O/c1-13-11-14(2)21(19-13)15(3)18(22)20(17-9-10-17)12-16-7-5-4-6-8-16/h4-8,11,15,17H,9-10,12H2,1-3H3/t15-/m0/s1. The number of carbonyl (C=O) groups is 1. The van der Waals surface area contributed by atoms with Gasteiger partial charge in [-0.3, -0.25) is 9.48 Å². The summed E-state index contributed by atoms with van der Waals surface area (Å²) in [5.41, 5.74) is 3.18. The zero-order valence-corrected chi connectivity index (χ0v) is 13.5. The van der Waals surface area contributed by atoms with Gasteiger partial charge < -0.3 is 4.90 Å². The Hall–Kier alpha value is -2.10. The number of benzene rings is 1. The van der Waals surface area contributed by atoms with Crippen molar-refractivity contribution < 1.29 is 4.79 Å². The monoisotopic (exact) mass is 297 g/mol. The highest BCUT2D eigenvalue weighted by Gasteiger charge is 2.35. The highest BCUT2D eigenvalue weighted by atomic mass is 16.2. The molecular weight excluding hydrogens is 274 g/mol. The third-order valence-electron chi connectivity index (χ3n) is 4.24. The topological polar surface area (TPSA) is 38.1 Å². The van der Waals surface area contributed by atoms with Gasteiger partial charge in [-0.15, -0.1) is 0 Å². The number of carbonyl (C=O) groups excluding carboxylic acids is 1. The number of hydrogen-bond acceptors (Lipinski definition) is 2. The summed E-state index contributed by atoms with van der Waals surface area (Å²) in [6.07, 6.45) is 2.23. The first kappa shape index (κ1) is 14.8. The van der Waals surface area contributed by atoms with Crippen LogP contribution in [-0.4, -0.2) is 26.6 Å². The Morgan fingerprint density at radius 3 is 2.55 bits per heavy atom. The predicted octanol–water partition coefficient (Wildman–Crippen LogP) is 3.25. The molecule has 0 unspecified atom stereocenters. The second-order valence-corrected chi connectivity index (χ2v) is 6.23. The minimum absolute atomic E-state index is 0.164. The second kappa shape index (κ2) is 5.95. The zero-order chi connectivity index (χ0) is 15.7. The highest BCUT2D eigenvalue weighted by molar-refractivity contribution is 5.80. The molecule has 0 radical (unpaired) electrons. The van der Waals surface area contributed by atoms with Crippen molar-refractivity contribution >= 4 is 5.91 Å². The molecule has 1 aromatic carbocycles. The first-order valence-electron chi connectivity index (χ1n) is 7.93. The smallest absolute Gasteiger partial charge is 0.247 e. The summed E-state index contributed by atoms with van der Waals surface area (Å²) in [7, 11) is 0. The van der Waals surface area contributed by atoms with Crippen LogP contribution in [0.15, 0.2) is 36.4 Å². The van der Waals surface area contributed by atoms with E-state index < -0.39 is 0 Å². The van der Waals surface area contributed by atoms with E-state index in [1.165, 1.54) is 5.56 Å². The van der Waals surface area contributed by atoms with Crippen molar-refractivity contribution in [2.75, 3.05) is 0 Å². The van der Waals surface area contributed by atoms with Crippen molar-refractivity contribution in [1.29, 1.82) is 0 Å². The van der Waals surface area contributed by atoms with Crippen molar-refractivity contribution in [3.8, 4) is 0 Å². The van der Waals surface area contributed by atoms with Gasteiger partial charge in [0, 0.05) is 18.3 Å². The van der Waals surface area contributed by atoms with Crippen LogP contribution < -0.4 is 0 Å². The van der Waals surface area contributed by atoms with E-state index in [2.05, 4.69) is 17.2 Å². The lowest BCUT2D eigenvalue weighted by atomic mass is 10.2. The Bertz CT molecular complexity index is 658. The fourth-order valence-electron chi connectivity index (χ4n) is 2.94. The van der Waals surface area contributed by atoms with E-state index >= 15 is 0 Å². The Labute approximate surface area is 131 Å². The summed E-state index contributed by atoms with van der Waals surface area (Å²) < 4.78 is 1.85. The summed E-state index contributed by atoms with van der Waals surface area (Å²) >= 11 is 0. The summed E-state index contributed by atoms with van der Waals surface area (Å²) in [6.45, 7) is 6.60. The normalized spacial score (nSPS) is 15.6. The second-order valence-electron chi connectivity index (χ2n) is 6.23. The van der Waals surface area contributed by atoms with E-state index in [0.29, 0.717) is 12.6 Å². The minimum atomic E-state index is -0.252. The highest BCUT2D eigenvalue weighted by Crippen LogP contribution is 2.30. The van der Waals surface area contributed by atoms with Crippen molar-refractivity contribution in [2.45, 2.75) is 52.2 Å². The van der Waals surface area contributed by atoms with Crippen LogP contribution in [0.5, 0.6) is 0 Å². The maximum atomic E-state index is 13.0. The first-order chi connectivity index (χ1) is 10.6. The van der Waals surface area contributed by atoms with Crippen LogP contribution in [-0.2, 0) is 11.3 Å². The molecule has 1 aliphatic carbocycles. The molecule has 1 heterocycles. The molecule has 1 fully saturated rings. The van der Waals surface area contributed by atoms with E-state index in [9.17, 15) is 4.79 Å². The third-order valence-corrected chi connectivity index (χ3v) is 4.24. The molecule has 1 atom stereocenters. The summed E-state index contributed by atoms with van der Waals surface area (Å²) in [5.74, 6) is 0.164. The molecule has 2 aromatic rings. The van der Waals surface area contributed by atoms with Gasteiger partial charge in [-0.05, 0) is 45.2 Å². The third kappa shape index (κ3) is 3.06. The molecule has 0 bridgehead atoms. The van der Waals surface area contributed by atoms with Gasteiger partial charge in [0.15, 0.2) is 0 Å². The minimum Gasteiger partial charge on any atom is -0.334 e. The number of aryl methyl sites for hydroxylation is 2. The number of rotatable bonds is 5. The zero-order valence-electron chi connectivity index (χ0n) is 13.5. The molecule has 116 valence electrons. The van der Waals surface area contributed by atoms with Crippen LogP contribution in [0.4, 0.5) is 0 Å². The molecule has 4 heteroatoms. The van der Waals surface area contributed by atoms with Crippen LogP contribution in [0.25, 0.3) is 0 Å². The van der Waals surface area contributed by atoms with Crippen LogP contribution in [0, 0.1) is 13.8 Å². The van der Waals surface area contributed by atoms with E-state index in [1.807, 2.05) is 54.6 Å². The van der Waals surface area contributed by atoms with Crippen LogP contribution in [0.1, 0.15) is 42.8 Å². The fourth-order valence-corrected chi connectivity index (χ4v) is 2.94. The molecular formula is C18H23N3O. The first-order valence-corrected chi connectivity index (χ1v) is 7.93. The van der Waals surface area contributed by atoms with Gasteiger partial charge in [0.2, 0.25) is 5.91 Å². The van der Waals surface area contributed by atoms with E-state index in [-0.39, 0.29) is 11.9 Å². The SMILES string of the molecule is Cc1cc(C)n([C@@H](C)C(=O)N(Cc2ccccc2)C2CC2)n1. The van der Waals surface area contributed by atoms with Gasteiger partial charge in [-0.2, -0.15) is 5.10 Å². The number of nitrogens with zero attached hydrogens (tertiary/aromatic N) is 3. The number of amides is 1. The molecule has 3 rings (SSSR count). The largest absolute Gasteiger partial charge is 0.334 e. The fraction of sp³-hybridized carbons (Fsp3) is 0.444. The van der Waals surface area contributed by atoms with Gasteiger partial charge in [0.1, 0.15) is 6.04 Å². The molecule has 0 aliphatic heterocycles.